The molecule has 0 saturated carbocycles. The highest BCUT2D eigenvalue weighted by Crippen LogP contribution is 2.35. The van der Waals surface area contributed by atoms with E-state index in [1.54, 1.807) is 18.2 Å². The second kappa shape index (κ2) is 7.67. The van der Waals surface area contributed by atoms with Crippen LogP contribution in [0.4, 0.5) is 0 Å². The fraction of sp³-hybridized carbons (Fsp3) is 0.300. The summed E-state index contributed by atoms with van der Waals surface area (Å²) in [5.41, 5.74) is 3.27. The van der Waals surface area contributed by atoms with Gasteiger partial charge in [-0.25, -0.2) is 4.68 Å². The van der Waals surface area contributed by atoms with Crippen molar-refractivity contribution in [2.45, 2.75) is 32.9 Å². The van der Waals surface area contributed by atoms with E-state index >= 15 is 0 Å². The number of ether oxygens (including phenoxy) is 2. The number of benzene rings is 2. The lowest BCUT2D eigenvalue weighted by Crippen LogP contribution is -2.23. The Balaban J connectivity index is 1.51. The first-order valence-electron chi connectivity index (χ1n) is 9.21. The molecule has 0 fully saturated rings. The molecular formula is C20H21N5O3. The smallest absolute Gasteiger partial charge is 0.251 e. The number of nitrogens with one attached hydrogen (secondary N) is 1. The predicted molar refractivity (Wildman–Crippen MR) is 102 cm³/mol. The zero-order valence-corrected chi connectivity index (χ0v) is 15.8. The zero-order chi connectivity index (χ0) is 19.5. The number of hydrogen-bond acceptors (Lipinski definition) is 6. The number of fused-ring (bicyclic) bond motifs is 1. The number of rotatable bonds is 6. The van der Waals surface area contributed by atoms with Crippen molar-refractivity contribution in [1.29, 1.82) is 0 Å². The molecule has 28 heavy (non-hydrogen) atoms. The topological polar surface area (TPSA) is 91.2 Å². The van der Waals surface area contributed by atoms with Crippen LogP contribution >= 0.6 is 0 Å². The third kappa shape index (κ3) is 3.66. The lowest BCUT2D eigenvalue weighted by atomic mass is 10.1. The molecule has 0 radical (unpaired) electrons. The van der Waals surface area contributed by atoms with Crippen molar-refractivity contribution >= 4 is 5.91 Å². The number of aromatic nitrogens is 4. The summed E-state index contributed by atoms with van der Waals surface area (Å²) in [6.45, 7) is 4.89. The average molecular weight is 379 g/mol. The minimum Gasteiger partial charge on any atom is -0.494 e. The summed E-state index contributed by atoms with van der Waals surface area (Å²) < 4.78 is 13.1. The minimum absolute atomic E-state index is 0.156. The van der Waals surface area contributed by atoms with Gasteiger partial charge in [0.2, 0.25) is 0 Å². The summed E-state index contributed by atoms with van der Waals surface area (Å²) >= 11 is 0. The summed E-state index contributed by atoms with van der Waals surface area (Å²) in [6.07, 6.45) is 2.51. The molecule has 8 heteroatoms. The van der Waals surface area contributed by atoms with Gasteiger partial charge in [0.05, 0.1) is 12.3 Å². The van der Waals surface area contributed by atoms with Gasteiger partial charge in [-0.15, -0.1) is 5.10 Å². The van der Waals surface area contributed by atoms with Crippen LogP contribution in [0.1, 0.15) is 35.3 Å². The minimum atomic E-state index is -0.188. The Morgan fingerprint density at radius 2 is 2.25 bits per heavy atom. The highest BCUT2D eigenvalue weighted by atomic mass is 16.5. The van der Waals surface area contributed by atoms with E-state index < -0.39 is 0 Å². The predicted octanol–water partition coefficient (Wildman–Crippen LogP) is 2.31. The summed E-state index contributed by atoms with van der Waals surface area (Å²) in [5, 5.41) is 14.0. The fourth-order valence-electron chi connectivity index (χ4n) is 3.26. The number of tetrazole rings is 1. The van der Waals surface area contributed by atoms with E-state index in [-0.39, 0.29) is 12.0 Å². The summed E-state index contributed by atoms with van der Waals surface area (Å²) in [5.74, 6) is 1.45. The second-order valence-electron chi connectivity index (χ2n) is 6.62. The van der Waals surface area contributed by atoms with Crippen molar-refractivity contribution < 1.29 is 14.3 Å². The Kier molecular flexibility index (Phi) is 4.92. The molecule has 2 aromatic carbocycles. The molecule has 0 aliphatic carbocycles. The molecule has 1 N–H and O–H groups in total. The van der Waals surface area contributed by atoms with Gasteiger partial charge in [-0.3, -0.25) is 4.79 Å². The SMILES string of the molecule is CCOc1cc2c(cc1CNC(=O)c1cccc(-n3cnnn3)c1)O[C@H](C)C2. The van der Waals surface area contributed by atoms with Gasteiger partial charge in [0.1, 0.15) is 23.9 Å². The van der Waals surface area contributed by atoms with Crippen molar-refractivity contribution in [3.05, 3.63) is 59.4 Å². The number of carbonyl (C=O) groups is 1. The maximum Gasteiger partial charge on any atom is 0.251 e. The van der Waals surface area contributed by atoms with Crippen LogP contribution in [-0.4, -0.2) is 38.8 Å². The normalized spacial score (nSPS) is 15.0. The third-order valence-corrected chi connectivity index (χ3v) is 4.54. The molecule has 1 aliphatic rings. The summed E-state index contributed by atoms with van der Waals surface area (Å²) in [7, 11) is 0. The lowest BCUT2D eigenvalue weighted by molar-refractivity contribution is 0.0950. The van der Waals surface area contributed by atoms with Crippen LogP contribution in [0.3, 0.4) is 0 Å². The van der Waals surface area contributed by atoms with Gasteiger partial charge in [0.25, 0.3) is 5.91 Å². The van der Waals surface area contributed by atoms with E-state index in [1.165, 1.54) is 11.0 Å². The van der Waals surface area contributed by atoms with Crippen molar-refractivity contribution in [3.63, 3.8) is 0 Å². The molecular weight excluding hydrogens is 358 g/mol. The number of hydrogen-bond donors (Lipinski definition) is 1. The quantitative estimate of drug-likeness (QED) is 0.707. The average Bonchev–Trinajstić information content (AvgIpc) is 3.35. The second-order valence-corrected chi connectivity index (χ2v) is 6.62. The van der Waals surface area contributed by atoms with E-state index in [9.17, 15) is 4.79 Å². The number of nitrogens with zero attached hydrogens (tertiary/aromatic N) is 4. The molecule has 2 heterocycles. The molecule has 0 unspecified atom stereocenters. The van der Waals surface area contributed by atoms with Gasteiger partial charge in [-0.2, -0.15) is 0 Å². The number of amides is 1. The number of carbonyl (C=O) groups excluding carboxylic acids is 1. The van der Waals surface area contributed by atoms with Gasteiger partial charge in [0.15, 0.2) is 0 Å². The van der Waals surface area contributed by atoms with Crippen LogP contribution in [-0.2, 0) is 13.0 Å². The molecule has 4 rings (SSSR count). The molecule has 0 saturated heterocycles. The van der Waals surface area contributed by atoms with Crippen molar-refractivity contribution in [2.75, 3.05) is 6.61 Å². The van der Waals surface area contributed by atoms with E-state index in [1.807, 2.05) is 32.0 Å². The van der Waals surface area contributed by atoms with E-state index in [4.69, 9.17) is 9.47 Å². The molecule has 1 aromatic heterocycles. The van der Waals surface area contributed by atoms with Crippen LogP contribution in [0.5, 0.6) is 11.5 Å². The molecule has 1 atom stereocenters. The van der Waals surface area contributed by atoms with Gasteiger partial charge in [-0.05, 0) is 54.6 Å². The van der Waals surface area contributed by atoms with Gasteiger partial charge in [0, 0.05) is 29.7 Å². The molecule has 1 aliphatic heterocycles. The third-order valence-electron chi connectivity index (χ3n) is 4.54. The first kappa shape index (κ1) is 18.0. The highest BCUT2D eigenvalue weighted by Gasteiger charge is 2.22. The van der Waals surface area contributed by atoms with Crippen molar-refractivity contribution in [2.24, 2.45) is 0 Å². The Bertz CT molecular complexity index is 988. The standard InChI is InChI=1S/C20H21N5O3/c1-3-27-18-9-15-7-13(2)28-19(15)10-16(18)11-21-20(26)14-5-4-6-17(8-14)25-12-22-23-24-25/h4-6,8-10,12-13H,3,7,11H2,1-2H3,(H,21,26)/t13-/m1/s1. The lowest BCUT2D eigenvalue weighted by Gasteiger charge is -2.13. The molecule has 0 bridgehead atoms. The molecule has 3 aromatic rings. The highest BCUT2D eigenvalue weighted by molar-refractivity contribution is 5.94. The maximum atomic E-state index is 12.7. The van der Waals surface area contributed by atoms with Gasteiger partial charge < -0.3 is 14.8 Å². The first-order valence-corrected chi connectivity index (χ1v) is 9.21. The van der Waals surface area contributed by atoms with E-state index in [0.717, 1.165) is 29.0 Å². The Morgan fingerprint density at radius 1 is 1.36 bits per heavy atom. The molecule has 0 spiro atoms. The molecule has 1 amide bonds. The van der Waals surface area contributed by atoms with Crippen LogP contribution in [0.15, 0.2) is 42.7 Å². The van der Waals surface area contributed by atoms with Crippen molar-refractivity contribution in [3.8, 4) is 17.2 Å². The van der Waals surface area contributed by atoms with E-state index in [0.29, 0.717) is 24.4 Å². The maximum absolute atomic E-state index is 12.7. The Labute approximate surface area is 162 Å². The van der Waals surface area contributed by atoms with Crippen LogP contribution < -0.4 is 14.8 Å². The Hall–Kier alpha value is -3.42. The van der Waals surface area contributed by atoms with Crippen LogP contribution in [0.25, 0.3) is 5.69 Å². The summed E-state index contributed by atoms with van der Waals surface area (Å²) in [6, 6.07) is 11.1. The molecule has 8 nitrogen and oxygen atoms in total. The molecule has 144 valence electrons. The van der Waals surface area contributed by atoms with Gasteiger partial charge in [-0.1, -0.05) is 6.07 Å². The largest absolute Gasteiger partial charge is 0.494 e. The van der Waals surface area contributed by atoms with Crippen LogP contribution in [0, 0.1) is 0 Å². The summed E-state index contributed by atoms with van der Waals surface area (Å²) in [4.78, 5) is 12.7. The zero-order valence-electron chi connectivity index (χ0n) is 15.8. The Morgan fingerprint density at radius 3 is 3.04 bits per heavy atom. The fourth-order valence-corrected chi connectivity index (χ4v) is 3.26. The monoisotopic (exact) mass is 379 g/mol. The van der Waals surface area contributed by atoms with Crippen LogP contribution in [0.2, 0.25) is 0 Å². The first-order chi connectivity index (χ1) is 13.6. The van der Waals surface area contributed by atoms with Crippen molar-refractivity contribution in [1.82, 2.24) is 25.5 Å². The van der Waals surface area contributed by atoms with Gasteiger partial charge >= 0.3 is 0 Å². The van der Waals surface area contributed by atoms with E-state index in [2.05, 4.69) is 20.8 Å².